The monoisotopic (exact) mass is 235 g/mol. The number of imidazole rings is 1. The number of rotatable bonds is 5. The zero-order valence-corrected chi connectivity index (χ0v) is 10.5. The Bertz CT molecular complexity index is 445. The van der Waals surface area contributed by atoms with Crippen LogP contribution >= 0.6 is 11.3 Å². The van der Waals surface area contributed by atoms with Gasteiger partial charge in [-0.2, -0.15) is 0 Å². The number of nitrogens with one attached hydrogen (secondary N) is 1. The molecule has 0 radical (unpaired) electrons. The summed E-state index contributed by atoms with van der Waals surface area (Å²) in [6.45, 7) is 7.10. The summed E-state index contributed by atoms with van der Waals surface area (Å²) in [5.41, 5.74) is 0. The molecule has 1 N–H and O–H groups in total. The molecule has 0 aromatic carbocycles. The lowest BCUT2D eigenvalue weighted by Gasteiger charge is -2.05. The van der Waals surface area contributed by atoms with Crippen LogP contribution in [0.5, 0.6) is 0 Å². The number of nitrogens with zero attached hydrogens (tertiary/aromatic N) is 2. The van der Waals surface area contributed by atoms with Gasteiger partial charge in [-0.3, -0.25) is 0 Å². The molecule has 0 aliphatic heterocycles. The smallest absolute Gasteiger partial charge is 0.105 e. The minimum Gasteiger partial charge on any atom is -0.334 e. The highest BCUT2D eigenvalue weighted by molar-refractivity contribution is 7.11. The fourth-order valence-electron chi connectivity index (χ4n) is 1.63. The first-order chi connectivity index (χ1) is 7.75. The fraction of sp³-hybridized carbons (Fsp3) is 0.417. The molecule has 0 bridgehead atoms. The Morgan fingerprint density at radius 3 is 2.88 bits per heavy atom. The van der Waals surface area contributed by atoms with Crippen LogP contribution in [0.15, 0.2) is 24.5 Å². The first kappa shape index (κ1) is 11.4. The van der Waals surface area contributed by atoms with E-state index in [2.05, 4.69) is 33.9 Å². The highest BCUT2D eigenvalue weighted by Gasteiger charge is 1.97. The standard InChI is InChI=1S/C12H17N3S/c1-10-3-4-12(16-10)9-13-5-7-15-8-6-14-11(15)2/h3-4,6,8,13H,5,7,9H2,1-2H3. The summed E-state index contributed by atoms with van der Waals surface area (Å²) >= 11 is 1.86. The molecule has 0 saturated carbocycles. The summed E-state index contributed by atoms with van der Waals surface area (Å²) in [6.07, 6.45) is 3.87. The van der Waals surface area contributed by atoms with Gasteiger partial charge in [-0.15, -0.1) is 11.3 Å². The molecule has 0 saturated heterocycles. The van der Waals surface area contributed by atoms with E-state index in [1.165, 1.54) is 9.75 Å². The van der Waals surface area contributed by atoms with Gasteiger partial charge < -0.3 is 9.88 Å². The van der Waals surface area contributed by atoms with Crippen molar-refractivity contribution in [2.75, 3.05) is 6.54 Å². The van der Waals surface area contributed by atoms with Crippen LogP contribution in [0.1, 0.15) is 15.6 Å². The maximum absolute atomic E-state index is 4.19. The molecule has 0 aliphatic rings. The molecule has 0 aliphatic carbocycles. The first-order valence-electron chi connectivity index (χ1n) is 5.49. The third-order valence-electron chi connectivity index (χ3n) is 2.55. The molecule has 86 valence electrons. The molecule has 0 amide bonds. The molecule has 4 heteroatoms. The quantitative estimate of drug-likeness (QED) is 0.806. The van der Waals surface area contributed by atoms with Crippen molar-refractivity contribution in [1.29, 1.82) is 0 Å². The molecule has 0 fully saturated rings. The van der Waals surface area contributed by atoms with Crippen LogP contribution in [0.2, 0.25) is 0 Å². The number of aryl methyl sites for hydroxylation is 2. The minimum absolute atomic E-state index is 0.965. The Balaban J connectivity index is 1.71. The van der Waals surface area contributed by atoms with Gasteiger partial charge in [0.05, 0.1) is 0 Å². The number of hydrogen-bond donors (Lipinski definition) is 1. The average molecular weight is 235 g/mol. The Labute approximate surface area is 100 Å². The summed E-state index contributed by atoms with van der Waals surface area (Å²) in [6, 6.07) is 4.36. The van der Waals surface area contributed by atoms with Crippen LogP contribution in [0.25, 0.3) is 0 Å². The van der Waals surface area contributed by atoms with Gasteiger partial charge in [0, 0.05) is 41.8 Å². The Kier molecular flexibility index (Phi) is 3.74. The van der Waals surface area contributed by atoms with Crippen molar-refractivity contribution >= 4 is 11.3 Å². The van der Waals surface area contributed by atoms with Crippen molar-refractivity contribution in [3.05, 3.63) is 40.1 Å². The van der Waals surface area contributed by atoms with E-state index in [4.69, 9.17) is 0 Å². The van der Waals surface area contributed by atoms with Gasteiger partial charge in [-0.1, -0.05) is 0 Å². The van der Waals surface area contributed by atoms with E-state index in [1.807, 2.05) is 30.7 Å². The maximum Gasteiger partial charge on any atom is 0.105 e. The molecule has 2 heterocycles. The number of hydrogen-bond acceptors (Lipinski definition) is 3. The van der Waals surface area contributed by atoms with E-state index >= 15 is 0 Å². The average Bonchev–Trinajstić information content (AvgIpc) is 2.83. The van der Waals surface area contributed by atoms with Crippen molar-refractivity contribution in [3.8, 4) is 0 Å². The zero-order valence-electron chi connectivity index (χ0n) is 9.73. The minimum atomic E-state index is 0.965. The lowest BCUT2D eigenvalue weighted by Crippen LogP contribution is -2.19. The first-order valence-corrected chi connectivity index (χ1v) is 6.31. The predicted octanol–water partition coefficient (Wildman–Crippen LogP) is 2.35. The van der Waals surface area contributed by atoms with E-state index < -0.39 is 0 Å². The van der Waals surface area contributed by atoms with Crippen molar-refractivity contribution in [2.45, 2.75) is 26.9 Å². The van der Waals surface area contributed by atoms with Gasteiger partial charge in [0.1, 0.15) is 5.82 Å². The van der Waals surface area contributed by atoms with Crippen molar-refractivity contribution in [1.82, 2.24) is 14.9 Å². The highest BCUT2D eigenvalue weighted by atomic mass is 32.1. The van der Waals surface area contributed by atoms with Gasteiger partial charge in [0.2, 0.25) is 0 Å². The second-order valence-electron chi connectivity index (χ2n) is 3.86. The summed E-state index contributed by atoms with van der Waals surface area (Å²) in [5, 5.41) is 3.44. The predicted molar refractivity (Wildman–Crippen MR) is 67.7 cm³/mol. The van der Waals surface area contributed by atoms with Crippen LogP contribution < -0.4 is 5.32 Å². The zero-order chi connectivity index (χ0) is 11.4. The van der Waals surface area contributed by atoms with Gasteiger partial charge in [0.15, 0.2) is 0 Å². The van der Waals surface area contributed by atoms with E-state index in [0.717, 1.165) is 25.5 Å². The normalized spacial score (nSPS) is 10.9. The van der Waals surface area contributed by atoms with Crippen molar-refractivity contribution < 1.29 is 0 Å². The van der Waals surface area contributed by atoms with Crippen LogP contribution in [-0.4, -0.2) is 16.1 Å². The summed E-state index contributed by atoms with van der Waals surface area (Å²) in [7, 11) is 0. The number of aromatic nitrogens is 2. The Morgan fingerprint density at radius 1 is 1.38 bits per heavy atom. The lowest BCUT2D eigenvalue weighted by molar-refractivity contribution is 0.590. The number of thiophene rings is 1. The highest BCUT2D eigenvalue weighted by Crippen LogP contribution is 2.14. The summed E-state index contributed by atoms with van der Waals surface area (Å²) in [4.78, 5) is 6.97. The van der Waals surface area contributed by atoms with Gasteiger partial charge in [0.25, 0.3) is 0 Å². The second kappa shape index (κ2) is 5.27. The maximum atomic E-state index is 4.19. The molecular weight excluding hydrogens is 218 g/mol. The molecular formula is C12H17N3S. The van der Waals surface area contributed by atoms with E-state index in [1.54, 1.807) is 0 Å². The molecule has 2 rings (SSSR count). The van der Waals surface area contributed by atoms with E-state index in [9.17, 15) is 0 Å². The van der Waals surface area contributed by atoms with Crippen LogP contribution in [-0.2, 0) is 13.1 Å². The summed E-state index contributed by atoms with van der Waals surface area (Å²) < 4.78 is 2.16. The summed E-state index contributed by atoms with van der Waals surface area (Å²) in [5.74, 6) is 1.08. The van der Waals surface area contributed by atoms with Gasteiger partial charge >= 0.3 is 0 Å². The van der Waals surface area contributed by atoms with Crippen molar-refractivity contribution in [3.63, 3.8) is 0 Å². The third-order valence-corrected chi connectivity index (χ3v) is 3.55. The molecule has 16 heavy (non-hydrogen) atoms. The largest absolute Gasteiger partial charge is 0.334 e. The molecule has 3 nitrogen and oxygen atoms in total. The second-order valence-corrected chi connectivity index (χ2v) is 5.23. The van der Waals surface area contributed by atoms with Crippen LogP contribution in [0, 0.1) is 13.8 Å². The van der Waals surface area contributed by atoms with E-state index in [0.29, 0.717) is 0 Å². The Morgan fingerprint density at radius 2 is 2.25 bits per heavy atom. The van der Waals surface area contributed by atoms with Gasteiger partial charge in [-0.05, 0) is 26.0 Å². The van der Waals surface area contributed by atoms with E-state index in [-0.39, 0.29) is 0 Å². The SMILES string of the molecule is Cc1ccc(CNCCn2ccnc2C)s1. The van der Waals surface area contributed by atoms with Crippen LogP contribution in [0.3, 0.4) is 0 Å². The van der Waals surface area contributed by atoms with Crippen LogP contribution in [0.4, 0.5) is 0 Å². The lowest BCUT2D eigenvalue weighted by atomic mass is 10.4. The fourth-order valence-corrected chi connectivity index (χ4v) is 2.49. The third kappa shape index (κ3) is 2.93. The Hall–Kier alpha value is -1.13. The van der Waals surface area contributed by atoms with Crippen molar-refractivity contribution in [2.24, 2.45) is 0 Å². The molecule has 0 spiro atoms. The van der Waals surface area contributed by atoms with Gasteiger partial charge in [-0.25, -0.2) is 4.98 Å². The molecule has 0 unspecified atom stereocenters. The molecule has 0 atom stereocenters. The topological polar surface area (TPSA) is 29.9 Å². The molecule has 2 aromatic heterocycles. The molecule has 2 aromatic rings.